The molecular weight excluding hydrogens is 252 g/mol. The van der Waals surface area contributed by atoms with Crippen LogP contribution in [0, 0.1) is 5.92 Å². The molecule has 1 aliphatic carbocycles. The summed E-state index contributed by atoms with van der Waals surface area (Å²) >= 11 is 0. The number of hydrogen-bond donors (Lipinski definition) is 1. The van der Waals surface area contributed by atoms with Crippen molar-refractivity contribution in [1.29, 1.82) is 0 Å². The summed E-state index contributed by atoms with van der Waals surface area (Å²) in [6.07, 6.45) is 4.23. The summed E-state index contributed by atoms with van der Waals surface area (Å²) in [6.45, 7) is 2.08. The fraction of sp³-hybridized carbons (Fsp3) is 0.562. The van der Waals surface area contributed by atoms with E-state index in [2.05, 4.69) is 0 Å². The molecule has 1 atom stereocenters. The van der Waals surface area contributed by atoms with Crippen molar-refractivity contribution >= 4 is 11.6 Å². The van der Waals surface area contributed by atoms with Crippen molar-refractivity contribution in [3.63, 3.8) is 0 Å². The number of nitrogens with two attached hydrogens (primary N) is 1. The zero-order chi connectivity index (χ0) is 13.9. The van der Waals surface area contributed by atoms with E-state index in [-0.39, 0.29) is 11.8 Å². The number of nitrogen functional groups attached to an aromatic ring is 1. The van der Waals surface area contributed by atoms with Crippen molar-refractivity contribution in [2.45, 2.75) is 38.3 Å². The number of hydrogen-bond acceptors (Lipinski definition) is 3. The Kier molecular flexibility index (Phi) is 3.92. The van der Waals surface area contributed by atoms with E-state index in [4.69, 9.17) is 10.5 Å². The summed E-state index contributed by atoms with van der Waals surface area (Å²) < 4.78 is 5.46. The molecule has 2 N–H and O–H groups in total. The zero-order valence-corrected chi connectivity index (χ0v) is 11.8. The van der Waals surface area contributed by atoms with Crippen LogP contribution in [-0.4, -0.2) is 30.1 Å². The summed E-state index contributed by atoms with van der Waals surface area (Å²) in [5, 5.41) is 0. The quantitative estimate of drug-likeness (QED) is 0.856. The van der Waals surface area contributed by atoms with Crippen LogP contribution in [-0.2, 0) is 16.1 Å². The molecule has 1 aliphatic heterocycles. The van der Waals surface area contributed by atoms with Crippen LogP contribution in [0.15, 0.2) is 24.3 Å². The van der Waals surface area contributed by atoms with Crippen molar-refractivity contribution in [2.24, 2.45) is 5.92 Å². The number of anilines is 1. The molecular formula is C16H22N2O2. The van der Waals surface area contributed by atoms with E-state index in [1.54, 1.807) is 0 Å². The predicted molar refractivity (Wildman–Crippen MR) is 78.0 cm³/mol. The highest BCUT2D eigenvalue weighted by Gasteiger charge is 2.36. The molecule has 108 valence electrons. The van der Waals surface area contributed by atoms with Gasteiger partial charge in [-0.15, -0.1) is 0 Å². The molecule has 0 spiro atoms. The van der Waals surface area contributed by atoms with Crippen LogP contribution in [0.2, 0.25) is 0 Å². The lowest BCUT2D eigenvalue weighted by Gasteiger charge is -2.29. The number of carbonyl (C=O) groups is 1. The Morgan fingerprint density at radius 2 is 2.00 bits per heavy atom. The third kappa shape index (κ3) is 3.12. The summed E-state index contributed by atoms with van der Waals surface area (Å²) in [5.74, 6) is 0.321. The third-order valence-corrected chi connectivity index (χ3v) is 4.11. The molecule has 1 aromatic rings. The normalized spacial score (nSPS) is 22.5. The number of ether oxygens (including phenoxy) is 1. The highest BCUT2D eigenvalue weighted by molar-refractivity contribution is 5.79. The van der Waals surface area contributed by atoms with Gasteiger partial charge in [-0.3, -0.25) is 4.79 Å². The van der Waals surface area contributed by atoms with Gasteiger partial charge in [0.25, 0.3) is 0 Å². The van der Waals surface area contributed by atoms with Crippen LogP contribution in [0.5, 0.6) is 0 Å². The molecule has 1 saturated heterocycles. The number of amides is 1. The molecule has 0 bridgehead atoms. The number of nitrogens with zero attached hydrogens (tertiary/aromatic N) is 1. The van der Waals surface area contributed by atoms with Crippen LogP contribution in [0.3, 0.4) is 0 Å². The minimum absolute atomic E-state index is 0.0538. The first kappa shape index (κ1) is 13.4. The van der Waals surface area contributed by atoms with Gasteiger partial charge in [-0.1, -0.05) is 12.1 Å². The minimum atomic E-state index is 0.0538. The summed E-state index contributed by atoms with van der Waals surface area (Å²) in [6, 6.07) is 8.25. The molecule has 0 radical (unpaired) electrons. The van der Waals surface area contributed by atoms with Gasteiger partial charge < -0.3 is 15.4 Å². The lowest BCUT2D eigenvalue weighted by atomic mass is 10.00. The van der Waals surface area contributed by atoms with Gasteiger partial charge in [0, 0.05) is 24.9 Å². The Morgan fingerprint density at radius 1 is 1.25 bits per heavy atom. The molecule has 1 heterocycles. The second-order valence-corrected chi connectivity index (χ2v) is 5.85. The average molecular weight is 274 g/mol. The summed E-state index contributed by atoms with van der Waals surface area (Å²) in [7, 11) is 0. The van der Waals surface area contributed by atoms with Crippen molar-refractivity contribution < 1.29 is 9.53 Å². The van der Waals surface area contributed by atoms with E-state index in [9.17, 15) is 4.79 Å². The SMILES string of the molecule is Nc1ccc(CN(C(=O)C2CCCOC2)C2CC2)cc1. The molecule has 4 heteroatoms. The standard InChI is InChI=1S/C16H22N2O2/c17-14-5-3-12(4-6-14)10-18(15-7-8-15)16(19)13-2-1-9-20-11-13/h3-6,13,15H,1-2,7-11,17H2. The number of carbonyl (C=O) groups excluding carboxylic acids is 1. The maximum atomic E-state index is 12.7. The van der Waals surface area contributed by atoms with Crippen molar-refractivity contribution in [1.82, 2.24) is 4.90 Å². The largest absolute Gasteiger partial charge is 0.399 e. The molecule has 1 saturated carbocycles. The number of benzene rings is 1. The van der Waals surface area contributed by atoms with Gasteiger partial charge in [0.1, 0.15) is 0 Å². The second kappa shape index (κ2) is 5.83. The smallest absolute Gasteiger partial charge is 0.228 e. The minimum Gasteiger partial charge on any atom is -0.399 e. The maximum absolute atomic E-state index is 12.7. The monoisotopic (exact) mass is 274 g/mol. The van der Waals surface area contributed by atoms with Crippen molar-refractivity contribution in [2.75, 3.05) is 18.9 Å². The summed E-state index contributed by atoms with van der Waals surface area (Å²) in [4.78, 5) is 14.7. The van der Waals surface area contributed by atoms with Crippen molar-refractivity contribution in [3.05, 3.63) is 29.8 Å². The van der Waals surface area contributed by atoms with Gasteiger partial charge in [0.05, 0.1) is 12.5 Å². The van der Waals surface area contributed by atoms with Gasteiger partial charge in [0.2, 0.25) is 5.91 Å². The Hall–Kier alpha value is -1.55. The fourth-order valence-corrected chi connectivity index (χ4v) is 2.76. The van der Waals surface area contributed by atoms with Gasteiger partial charge >= 0.3 is 0 Å². The summed E-state index contributed by atoms with van der Waals surface area (Å²) in [5.41, 5.74) is 7.62. The van der Waals surface area contributed by atoms with Crippen LogP contribution in [0.1, 0.15) is 31.2 Å². The van der Waals surface area contributed by atoms with Crippen molar-refractivity contribution in [3.8, 4) is 0 Å². The zero-order valence-electron chi connectivity index (χ0n) is 11.8. The Bertz CT molecular complexity index is 462. The van der Waals surface area contributed by atoms with Crippen LogP contribution < -0.4 is 5.73 Å². The molecule has 3 rings (SSSR count). The van der Waals surface area contributed by atoms with E-state index in [1.165, 1.54) is 0 Å². The second-order valence-electron chi connectivity index (χ2n) is 5.85. The number of rotatable bonds is 4. The Balaban J connectivity index is 1.68. The molecule has 1 unspecified atom stereocenters. The molecule has 2 aliphatic rings. The Morgan fingerprint density at radius 3 is 2.60 bits per heavy atom. The van der Waals surface area contributed by atoms with E-state index in [0.29, 0.717) is 19.2 Å². The van der Waals surface area contributed by atoms with Gasteiger partial charge in [-0.25, -0.2) is 0 Å². The first-order chi connectivity index (χ1) is 9.74. The van der Waals surface area contributed by atoms with Gasteiger partial charge in [0.15, 0.2) is 0 Å². The first-order valence-electron chi connectivity index (χ1n) is 7.46. The molecule has 2 fully saturated rings. The molecule has 4 nitrogen and oxygen atoms in total. The highest BCUT2D eigenvalue weighted by atomic mass is 16.5. The van der Waals surface area contributed by atoms with Crippen LogP contribution in [0.25, 0.3) is 0 Å². The third-order valence-electron chi connectivity index (χ3n) is 4.11. The highest BCUT2D eigenvalue weighted by Crippen LogP contribution is 2.31. The van der Waals surface area contributed by atoms with Gasteiger partial charge in [-0.05, 0) is 43.4 Å². The molecule has 1 amide bonds. The van der Waals surface area contributed by atoms with E-state index >= 15 is 0 Å². The van der Waals surface area contributed by atoms with E-state index < -0.39 is 0 Å². The van der Waals surface area contributed by atoms with Crippen LogP contribution in [0.4, 0.5) is 5.69 Å². The van der Waals surface area contributed by atoms with E-state index in [0.717, 1.165) is 43.5 Å². The lowest BCUT2D eigenvalue weighted by Crippen LogP contribution is -2.40. The van der Waals surface area contributed by atoms with E-state index in [1.807, 2.05) is 29.2 Å². The first-order valence-corrected chi connectivity index (χ1v) is 7.46. The average Bonchev–Trinajstić information content (AvgIpc) is 3.31. The maximum Gasteiger partial charge on any atom is 0.228 e. The topological polar surface area (TPSA) is 55.6 Å². The molecule has 1 aromatic carbocycles. The lowest BCUT2D eigenvalue weighted by molar-refractivity contribution is -0.141. The van der Waals surface area contributed by atoms with Gasteiger partial charge in [-0.2, -0.15) is 0 Å². The van der Waals surface area contributed by atoms with Crippen LogP contribution >= 0.6 is 0 Å². The predicted octanol–water partition coefficient (Wildman–Crippen LogP) is 2.19. The molecule has 0 aromatic heterocycles. The molecule has 20 heavy (non-hydrogen) atoms. The fourth-order valence-electron chi connectivity index (χ4n) is 2.76. The Labute approximate surface area is 119 Å².